The number of carbonyl (C=O) groups excluding carboxylic acids is 2. The lowest BCUT2D eigenvalue weighted by Gasteiger charge is -2.23. The van der Waals surface area contributed by atoms with Gasteiger partial charge in [0.05, 0.1) is 22.7 Å². The van der Waals surface area contributed by atoms with Crippen molar-refractivity contribution in [3.63, 3.8) is 0 Å². The molecule has 7 heteroatoms. The Morgan fingerprint density at radius 1 is 1.04 bits per heavy atom. The van der Waals surface area contributed by atoms with Gasteiger partial charge in [0.25, 0.3) is 11.8 Å². The molecule has 0 atom stereocenters. The number of rotatable bonds is 5. The van der Waals surface area contributed by atoms with Gasteiger partial charge in [-0.3, -0.25) is 9.59 Å². The molecule has 0 N–H and O–H groups in total. The maximum absolute atomic E-state index is 13.0. The highest BCUT2D eigenvalue weighted by molar-refractivity contribution is 9.10. The van der Waals surface area contributed by atoms with Gasteiger partial charge in [0.2, 0.25) is 0 Å². The first-order chi connectivity index (χ1) is 12.5. The molecule has 0 fully saturated rings. The van der Waals surface area contributed by atoms with E-state index in [1.54, 1.807) is 48.5 Å². The van der Waals surface area contributed by atoms with E-state index in [-0.39, 0.29) is 11.8 Å². The summed E-state index contributed by atoms with van der Waals surface area (Å²) in [5.41, 5.74) is 1.12. The number of anilines is 1. The molecular weight excluding hydrogens is 432 g/mol. The second-order valence-corrected chi connectivity index (χ2v) is 8.61. The summed E-state index contributed by atoms with van der Waals surface area (Å²) >= 11 is 6.42. The fourth-order valence-electron chi connectivity index (χ4n) is 2.57. The van der Waals surface area contributed by atoms with Crippen LogP contribution in [0.3, 0.4) is 0 Å². The number of amides is 2. The van der Waals surface area contributed by atoms with E-state index in [2.05, 4.69) is 15.9 Å². The van der Waals surface area contributed by atoms with E-state index in [0.717, 1.165) is 9.35 Å². The van der Waals surface area contributed by atoms with Gasteiger partial charge in [-0.1, -0.05) is 18.2 Å². The van der Waals surface area contributed by atoms with Crippen molar-refractivity contribution < 1.29 is 9.59 Å². The predicted octanol–water partition coefficient (Wildman–Crippen LogP) is 5.12. The molecule has 0 aliphatic rings. The first kappa shape index (κ1) is 18.8. The minimum Gasteiger partial charge on any atom is -0.336 e. The topological polar surface area (TPSA) is 40.6 Å². The zero-order chi connectivity index (χ0) is 18.7. The van der Waals surface area contributed by atoms with Crippen molar-refractivity contribution in [1.82, 2.24) is 4.90 Å². The Hall–Kier alpha value is -1.96. The maximum atomic E-state index is 13.0. The lowest BCUT2D eigenvalue weighted by molar-refractivity contribution is 0.0787. The van der Waals surface area contributed by atoms with Gasteiger partial charge in [-0.15, -0.1) is 22.7 Å². The number of para-hydroxylation sites is 1. The summed E-state index contributed by atoms with van der Waals surface area (Å²) in [7, 11) is 3.47. The van der Waals surface area contributed by atoms with Crippen LogP contribution >= 0.6 is 38.6 Å². The van der Waals surface area contributed by atoms with Gasteiger partial charge in [-0.25, -0.2) is 0 Å². The van der Waals surface area contributed by atoms with Crippen LogP contribution in [0.4, 0.5) is 5.69 Å². The molecule has 0 bridgehead atoms. The van der Waals surface area contributed by atoms with Crippen molar-refractivity contribution in [1.29, 1.82) is 0 Å². The number of benzene rings is 1. The van der Waals surface area contributed by atoms with E-state index in [4.69, 9.17) is 0 Å². The van der Waals surface area contributed by atoms with Gasteiger partial charge >= 0.3 is 0 Å². The van der Waals surface area contributed by atoms with Crippen LogP contribution in [0, 0.1) is 0 Å². The third-order valence-electron chi connectivity index (χ3n) is 3.89. The van der Waals surface area contributed by atoms with E-state index < -0.39 is 0 Å². The lowest BCUT2D eigenvalue weighted by Crippen LogP contribution is -2.31. The van der Waals surface area contributed by atoms with E-state index in [1.165, 1.54) is 16.2 Å². The Labute approximate surface area is 168 Å². The summed E-state index contributed by atoms with van der Waals surface area (Å²) in [6.45, 7) is 0.520. The third kappa shape index (κ3) is 4.06. The van der Waals surface area contributed by atoms with Gasteiger partial charge in [0.15, 0.2) is 0 Å². The van der Waals surface area contributed by atoms with Crippen molar-refractivity contribution in [2.45, 2.75) is 6.54 Å². The summed E-state index contributed by atoms with van der Waals surface area (Å²) in [5.74, 6) is -0.235. The van der Waals surface area contributed by atoms with Crippen LogP contribution in [0.2, 0.25) is 0 Å². The lowest BCUT2D eigenvalue weighted by atomic mass is 10.1. The molecule has 0 aliphatic heterocycles. The predicted molar refractivity (Wildman–Crippen MR) is 111 cm³/mol. The molecule has 3 aromatic rings. The van der Waals surface area contributed by atoms with Crippen molar-refractivity contribution in [3.05, 3.63) is 73.0 Å². The molecule has 0 aliphatic carbocycles. The van der Waals surface area contributed by atoms with Gasteiger partial charge in [-0.05, 0) is 45.6 Å². The van der Waals surface area contributed by atoms with Gasteiger partial charge < -0.3 is 9.80 Å². The Morgan fingerprint density at radius 2 is 1.81 bits per heavy atom. The molecule has 0 saturated carbocycles. The minimum absolute atomic E-state index is 0.115. The Balaban J connectivity index is 1.84. The zero-order valence-electron chi connectivity index (χ0n) is 14.3. The molecule has 0 radical (unpaired) electrons. The van der Waals surface area contributed by atoms with Crippen LogP contribution in [0.15, 0.2) is 57.7 Å². The zero-order valence-corrected chi connectivity index (χ0v) is 17.5. The van der Waals surface area contributed by atoms with E-state index in [0.29, 0.717) is 22.7 Å². The maximum Gasteiger partial charge on any atom is 0.268 e. The van der Waals surface area contributed by atoms with Crippen LogP contribution in [-0.2, 0) is 6.54 Å². The van der Waals surface area contributed by atoms with Crippen molar-refractivity contribution in [2.75, 3.05) is 19.0 Å². The quantitative estimate of drug-likeness (QED) is 0.543. The van der Waals surface area contributed by atoms with Crippen LogP contribution in [0.1, 0.15) is 24.9 Å². The molecule has 1 aromatic carbocycles. The molecule has 0 spiro atoms. The second-order valence-electron chi connectivity index (χ2n) is 5.75. The third-order valence-corrected chi connectivity index (χ3v) is 6.43. The first-order valence-corrected chi connectivity index (χ1v) is 10.4. The Kier molecular flexibility index (Phi) is 5.90. The fraction of sp³-hybridized carbons (Fsp3) is 0.158. The molecule has 134 valence electrons. The monoisotopic (exact) mass is 448 g/mol. The van der Waals surface area contributed by atoms with E-state index in [9.17, 15) is 9.59 Å². The number of carbonyl (C=O) groups is 2. The van der Waals surface area contributed by atoms with Crippen molar-refractivity contribution >= 4 is 56.1 Å². The normalized spacial score (nSPS) is 10.6. The summed E-state index contributed by atoms with van der Waals surface area (Å²) in [5, 5.41) is 3.86. The largest absolute Gasteiger partial charge is 0.336 e. The molecule has 26 heavy (non-hydrogen) atoms. The highest BCUT2D eigenvalue weighted by atomic mass is 79.9. The van der Waals surface area contributed by atoms with Gasteiger partial charge in [0, 0.05) is 28.8 Å². The standard InChI is InChI=1S/C19H17BrN2O2S2/c1-21(11-14-10-13(20)12-26-14)18(23)15-6-3-4-7-16(15)22(2)19(24)17-8-5-9-25-17/h3-10,12H,11H2,1-2H3. The summed E-state index contributed by atoms with van der Waals surface area (Å²) < 4.78 is 1.01. The average Bonchev–Trinajstić information content (AvgIpc) is 3.31. The summed E-state index contributed by atoms with van der Waals surface area (Å²) in [4.78, 5) is 30.6. The highest BCUT2D eigenvalue weighted by Gasteiger charge is 2.22. The minimum atomic E-state index is -0.120. The molecule has 2 heterocycles. The number of hydrogen-bond acceptors (Lipinski definition) is 4. The van der Waals surface area contributed by atoms with Crippen molar-refractivity contribution in [2.24, 2.45) is 0 Å². The second kappa shape index (κ2) is 8.16. The molecular formula is C19H17BrN2O2S2. The van der Waals surface area contributed by atoms with Crippen LogP contribution < -0.4 is 4.90 Å². The Bertz CT molecular complexity index is 921. The summed E-state index contributed by atoms with van der Waals surface area (Å²) in [6, 6.07) is 12.8. The van der Waals surface area contributed by atoms with Gasteiger partial charge in [-0.2, -0.15) is 0 Å². The highest BCUT2D eigenvalue weighted by Crippen LogP contribution is 2.25. The smallest absolute Gasteiger partial charge is 0.268 e. The average molecular weight is 449 g/mol. The SMILES string of the molecule is CN(Cc1cc(Br)cs1)C(=O)c1ccccc1N(C)C(=O)c1cccs1. The van der Waals surface area contributed by atoms with Crippen molar-refractivity contribution in [3.8, 4) is 0 Å². The van der Waals surface area contributed by atoms with Crippen LogP contribution in [-0.4, -0.2) is 30.8 Å². The number of hydrogen-bond donors (Lipinski definition) is 0. The van der Waals surface area contributed by atoms with E-state index >= 15 is 0 Å². The molecule has 0 unspecified atom stereocenters. The molecule has 4 nitrogen and oxygen atoms in total. The van der Waals surface area contributed by atoms with E-state index in [1.807, 2.05) is 35.0 Å². The van der Waals surface area contributed by atoms with Crippen LogP contribution in [0.5, 0.6) is 0 Å². The molecule has 3 rings (SSSR count). The fourth-order valence-corrected chi connectivity index (χ4v) is 4.77. The first-order valence-electron chi connectivity index (χ1n) is 7.86. The molecule has 2 aromatic heterocycles. The van der Waals surface area contributed by atoms with Gasteiger partial charge in [0.1, 0.15) is 0 Å². The van der Waals surface area contributed by atoms with Crippen LogP contribution in [0.25, 0.3) is 0 Å². The molecule has 0 saturated heterocycles. The molecule has 2 amide bonds. The number of nitrogens with zero attached hydrogens (tertiary/aromatic N) is 2. The Morgan fingerprint density at radius 3 is 2.46 bits per heavy atom. The number of thiophene rings is 2. The summed E-state index contributed by atoms with van der Waals surface area (Å²) in [6.07, 6.45) is 0. The number of halogens is 1.